The lowest BCUT2D eigenvalue weighted by Crippen LogP contribution is -2.06. The fraction of sp³-hybridized carbons (Fsp3) is 0.167. The minimum Gasteiger partial charge on any atom is -0.202 e. The lowest BCUT2D eigenvalue weighted by atomic mass is 10.0. The van der Waals surface area contributed by atoms with E-state index in [2.05, 4.69) is 15.9 Å². The molecule has 0 heterocycles. The first-order valence-corrected chi connectivity index (χ1v) is 5.34. The molecule has 15 heavy (non-hydrogen) atoms. The van der Waals surface area contributed by atoms with Gasteiger partial charge in [-0.05, 0) is 29.0 Å². The Hall–Kier alpha value is -0.960. The fourth-order valence-electron chi connectivity index (χ4n) is 1.49. The standard InChI is InChI=1S/C12H9BrF2/c1-12(14,15)10-4-2-9-7-11(13)5-3-8(9)6-10/h2-7H,1H3. The molecule has 0 nitrogen and oxygen atoms in total. The Bertz CT molecular complexity index is 500. The van der Waals surface area contributed by atoms with Gasteiger partial charge in [0.25, 0.3) is 5.92 Å². The van der Waals surface area contributed by atoms with E-state index in [9.17, 15) is 8.78 Å². The third-order valence-corrected chi connectivity index (χ3v) is 2.80. The lowest BCUT2D eigenvalue weighted by Gasteiger charge is -2.11. The minimum absolute atomic E-state index is 0.0531. The van der Waals surface area contributed by atoms with Crippen molar-refractivity contribution in [1.29, 1.82) is 0 Å². The minimum atomic E-state index is -2.78. The van der Waals surface area contributed by atoms with E-state index in [1.807, 2.05) is 18.2 Å². The van der Waals surface area contributed by atoms with Crippen molar-refractivity contribution in [1.82, 2.24) is 0 Å². The predicted molar refractivity (Wildman–Crippen MR) is 61.2 cm³/mol. The summed E-state index contributed by atoms with van der Waals surface area (Å²) in [6, 6.07) is 10.3. The third kappa shape index (κ3) is 2.17. The normalized spacial score (nSPS) is 12.0. The average Bonchev–Trinajstić information content (AvgIpc) is 2.15. The highest BCUT2D eigenvalue weighted by Crippen LogP contribution is 2.30. The van der Waals surface area contributed by atoms with Gasteiger partial charge in [0.05, 0.1) is 0 Å². The Labute approximate surface area is 95.0 Å². The van der Waals surface area contributed by atoms with Gasteiger partial charge >= 0.3 is 0 Å². The molecular formula is C12H9BrF2. The van der Waals surface area contributed by atoms with E-state index in [-0.39, 0.29) is 5.56 Å². The quantitative estimate of drug-likeness (QED) is 0.704. The molecule has 0 radical (unpaired) electrons. The van der Waals surface area contributed by atoms with Crippen LogP contribution in [0.25, 0.3) is 10.8 Å². The van der Waals surface area contributed by atoms with Gasteiger partial charge in [0.2, 0.25) is 0 Å². The van der Waals surface area contributed by atoms with Crippen LogP contribution in [0.4, 0.5) is 8.78 Å². The Morgan fingerprint density at radius 1 is 1.00 bits per heavy atom. The van der Waals surface area contributed by atoms with Gasteiger partial charge in [0, 0.05) is 17.0 Å². The molecule has 2 aromatic carbocycles. The summed E-state index contributed by atoms with van der Waals surface area (Å²) in [5.41, 5.74) is 0.0531. The first-order valence-electron chi connectivity index (χ1n) is 4.54. The van der Waals surface area contributed by atoms with Gasteiger partial charge < -0.3 is 0 Å². The zero-order valence-corrected chi connectivity index (χ0v) is 9.68. The summed E-state index contributed by atoms with van der Waals surface area (Å²) in [4.78, 5) is 0. The van der Waals surface area contributed by atoms with E-state index in [0.717, 1.165) is 22.2 Å². The van der Waals surface area contributed by atoms with Gasteiger partial charge in [-0.1, -0.05) is 34.1 Å². The number of hydrogen-bond acceptors (Lipinski definition) is 0. The van der Waals surface area contributed by atoms with Crippen LogP contribution in [0, 0.1) is 0 Å². The zero-order chi connectivity index (χ0) is 11.1. The first kappa shape index (κ1) is 10.6. The topological polar surface area (TPSA) is 0 Å². The summed E-state index contributed by atoms with van der Waals surface area (Å²) >= 11 is 3.34. The van der Waals surface area contributed by atoms with Crippen molar-refractivity contribution in [3.63, 3.8) is 0 Å². The zero-order valence-electron chi connectivity index (χ0n) is 8.10. The molecule has 0 N–H and O–H groups in total. The smallest absolute Gasteiger partial charge is 0.202 e. The number of alkyl halides is 2. The molecule has 0 bridgehead atoms. The Morgan fingerprint density at radius 2 is 1.60 bits per heavy atom. The maximum absolute atomic E-state index is 13.1. The number of halogens is 3. The van der Waals surface area contributed by atoms with Crippen LogP contribution in [0.1, 0.15) is 12.5 Å². The van der Waals surface area contributed by atoms with Gasteiger partial charge in [0.1, 0.15) is 0 Å². The van der Waals surface area contributed by atoms with Gasteiger partial charge in [-0.3, -0.25) is 0 Å². The van der Waals surface area contributed by atoms with Crippen molar-refractivity contribution in [3.8, 4) is 0 Å². The number of benzene rings is 2. The highest BCUT2D eigenvalue weighted by molar-refractivity contribution is 9.10. The van der Waals surface area contributed by atoms with Gasteiger partial charge in [-0.25, -0.2) is 8.78 Å². The van der Waals surface area contributed by atoms with Gasteiger partial charge in [0.15, 0.2) is 0 Å². The average molecular weight is 271 g/mol. The molecule has 0 aliphatic carbocycles. The Morgan fingerprint density at radius 3 is 2.27 bits per heavy atom. The van der Waals surface area contributed by atoms with Crippen LogP contribution >= 0.6 is 15.9 Å². The molecule has 0 spiro atoms. The van der Waals surface area contributed by atoms with Crippen molar-refractivity contribution in [2.45, 2.75) is 12.8 Å². The lowest BCUT2D eigenvalue weighted by molar-refractivity contribution is 0.0176. The molecule has 0 atom stereocenters. The molecule has 0 aliphatic heterocycles. The van der Waals surface area contributed by atoms with Gasteiger partial charge in [-0.15, -0.1) is 0 Å². The number of hydrogen-bond donors (Lipinski definition) is 0. The molecule has 0 aromatic heterocycles. The fourth-order valence-corrected chi connectivity index (χ4v) is 1.87. The Balaban J connectivity index is 2.62. The third-order valence-electron chi connectivity index (χ3n) is 2.31. The van der Waals surface area contributed by atoms with Gasteiger partial charge in [-0.2, -0.15) is 0 Å². The molecule has 0 unspecified atom stereocenters. The highest BCUT2D eigenvalue weighted by atomic mass is 79.9. The molecule has 3 heteroatoms. The molecule has 0 saturated carbocycles. The molecule has 2 rings (SSSR count). The van der Waals surface area contributed by atoms with Crippen LogP contribution in [0.2, 0.25) is 0 Å². The second kappa shape index (κ2) is 3.56. The summed E-state index contributed by atoms with van der Waals surface area (Å²) in [6.45, 7) is 0.910. The summed E-state index contributed by atoms with van der Waals surface area (Å²) in [5.74, 6) is -2.78. The van der Waals surface area contributed by atoms with Crippen LogP contribution in [-0.2, 0) is 5.92 Å². The second-order valence-electron chi connectivity index (χ2n) is 3.59. The van der Waals surface area contributed by atoms with Crippen molar-refractivity contribution in [2.75, 3.05) is 0 Å². The molecule has 0 amide bonds. The van der Waals surface area contributed by atoms with Crippen LogP contribution in [0.5, 0.6) is 0 Å². The highest BCUT2D eigenvalue weighted by Gasteiger charge is 2.23. The van der Waals surface area contributed by atoms with Crippen LogP contribution < -0.4 is 0 Å². The van der Waals surface area contributed by atoms with Crippen LogP contribution in [0.15, 0.2) is 40.9 Å². The first-order chi connectivity index (χ1) is 6.97. The molecule has 0 aliphatic rings. The molecule has 0 fully saturated rings. The number of rotatable bonds is 1. The largest absolute Gasteiger partial charge is 0.270 e. The monoisotopic (exact) mass is 270 g/mol. The van der Waals surface area contributed by atoms with E-state index < -0.39 is 5.92 Å². The van der Waals surface area contributed by atoms with E-state index >= 15 is 0 Å². The summed E-state index contributed by atoms with van der Waals surface area (Å²) in [7, 11) is 0. The molecule has 0 saturated heterocycles. The van der Waals surface area contributed by atoms with E-state index in [4.69, 9.17) is 0 Å². The predicted octanol–water partition coefficient (Wildman–Crippen LogP) is 4.71. The summed E-state index contributed by atoms with van der Waals surface area (Å²) in [5, 5.41) is 1.79. The SMILES string of the molecule is CC(F)(F)c1ccc2cc(Br)ccc2c1. The van der Waals surface area contributed by atoms with Crippen molar-refractivity contribution in [2.24, 2.45) is 0 Å². The van der Waals surface area contributed by atoms with E-state index in [1.54, 1.807) is 6.07 Å². The Kier molecular flexibility index (Phi) is 2.51. The van der Waals surface area contributed by atoms with Crippen molar-refractivity contribution < 1.29 is 8.78 Å². The van der Waals surface area contributed by atoms with E-state index in [0.29, 0.717) is 0 Å². The summed E-state index contributed by atoms with van der Waals surface area (Å²) < 4.78 is 27.1. The molecular weight excluding hydrogens is 262 g/mol. The maximum Gasteiger partial charge on any atom is 0.270 e. The van der Waals surface area contributed by atoms with E-state index in [1.165, 1.54) is 12.1 Å². The van der Waals surface area contributed by atoms with Crippen molar-refractivity contribution in [3.05, 3.63) is 46.4 Å². The number of fused-ring (bicyclic) bond motifs is 1. The van der Waals surface area contributed by atoms with Crippen molar-refractivity contribution >= 4 is 26.7 Å². The van der Waals surface area contributed by atoms with Crippen LogP contribution in [-0.4, -0.2) is 0 Å². The van der Waals surface area contributed by atoms with Crippen LogP contribution in [0.3, 0.4) is 0 Å². The second-order valence-corrected chi connectivity index (χ2v) is 4.51. The maximum atomic E-state index is 13.1. The summed E-state index contributed by atoms with van der Waals surface area (Å²) in [6.07, 6.45) is 0. The molecule has 2 aromatic rings. The molecule has 78 valence electrons.